The minimum atomic E-state index is -1.01. The summed E-state index contributed by atoms with van der Waals surface area (Å²) < 4.78 is 20.8. The number of nitrogens with zero attached hydrogens (tertiary/aromatic N) is 3. The SMILES string of the molecule is CO[C@@H]1O[C@H](C)[C@@H](N=[N+]=[N-])[C@H](OC(C)=O)[C@H]1OC(C)=O. The molecule has 1 fully saturated rings. The summed E-state index contributed by atoms with van der Waals surface area (Å²) in [6.45, 7) is 4.06. The van der Waals surface area contributed by atoms with Crippen LogP contribution in [0.3, 0.4) is 0 Å². The van der Waals surface area contributed by atoms with E-state index in [1.807, 2.05) is 0 Å². The molecule has 1 heterocycles. The van der Waals surface area contributed by atoms with Gasteiger partial charge in [-0.25, -0.2) is 0 Å². The van der Waals surface area contributed by atoms with Crippen LogP contribution in [0.1, 0.15) is 20.8 Å². The summed E-state index contributed by atoms with van der Waals surface area (Å²) in [4.78, 5) is 25.1. The van der Waals surface area contributed by atoms with Crippen molar-refractivity contribution in [3.05, 3.63) is 10.4 Å². The summed E-state index contributed by atoms with van der Waals surface area (Å²) in [5, 5.41) is 3.56. The summed E-state index contributed by atoms with van der Waals surface area (Å²) in [6.07, 6.45) is -3.45. The highest BCUT2D eigenvalue weighted by atomic mass is 16.7. The molecular weight excluding hydrogens is 270 g/mol. The van der Waals surface area contributed by atoms with Gasteiger partial charge in [0.25, 0.3) is 0 Å². The molecule has 0 radical (unpaired) electrons. The molecule has 1 saturated heterocycles. The van der Waals surface area contributed by atoms with Gasteiger partial charge in [0.05, 0.1) is 6.10 Å². The second-order valence-corrected chi connectivity index (χ2v) is 4.29. The molecule has 0 saturated carbocycles. The number of hydrogen-bond donors (Lipinski definition) is 0. The number of carbonyl (C=O) groups is 2. The lowest BCUT2D eigenvalue weighted by Crippen LogP contribution is -2.59. The Morgan fingerprint density at radius 3 is 2.20 bits per heavy atom. The lowest BCUT2D eigenvalue weighted by molar-refractivity contribution is -0.269. The number of methoxy groups -OCH3 is 1. The van der Waals surface area contributed by atoms with Crippen molar-refractivity contribution in [2.24, 2.45) is 5.11 Å². The highest BCUT2D eigenvalue weighted by molar-refractivity contribution is 5.67. The predicted molar refractivity (Wildman–Crippen MR) is 65.4 cm³/mol. The molecule has 9 heteroatoms. The maximum absolute atomic E-state index is 11.2. The van der Waals surface area contributed by atoms with Crippen LogP contribution in [0.2, 0.25) is 0 Å². The summed E-state index contributed by atoms with van der Waals surface area (Å²) >= 11 is 0. The van der Waals surface area contributed by atoms with Gasteiger partial charge in [-0.3, -0.25) is 9.59 Å². The highest BCUT2D eigenvalue weighted by Crippen LogP contribution is 2.28. The van der Waals surface area contributed by atoms with E-state index < -0.39 is 42.6 Å². The second-order valence-electron chi connectivity index (χ2n) is 4.29. The molecule has 0 aromatic carbocycles. The normalized spacial score (nSPS) is 32.9. The first-order chi connectivity index (χ1) is 9.40. The van der Waals surface area contributed by atoms with Crippen LogP contribution in [0.4, 0.5) is 0 Å². The van der Waals surface area contributed by atoms with Gasteiger partial charge in [0.1, 0.15) is 6.04 Å². The largest absolute Gasteiger partial charge is 0.458 e. The van der Waals surface area contributed by atoms with Crippen LogP contribution in [0, 0.1) is 0 Å². The predicted octanol–water partition coefficient (Wildman–Crippen LogP) is 0.920. The molecule has 1 aliphatic heterocycles. The topological polar surface area (TPSA) is 120 Å². The van der Waals surface area contributed by atoms with E-state index in [-0.39, 0.29) is 0 Å². The molecule has 1 aliphatic rings. The molecule has 9 nitrogen and oxygen atoms in total. The van der Waals surface area contributed by atoms with Gasteiger partial charge in [0.2, 0.25) is 0 Å². The van der Waals surface area contributed by atoms with E-state index in [0.717, 1.165) is 0 Å². The van der Waals surface area contributed by atoms with Crippen molar-refractivity contribution in [3.8, 4) is 0 Å². The fourth-order valence-corrected chi connectivity index (χ4v) is 2.04. The standard InChI is InChI=1S/C11H17N3O6/c1-5-8(13-14-12)9(19-6(2)15)10(20-7(3)16)11(17-4)18-5/h5,8-11H,1-4H3/t5-,8-,9+,10-,11-/m1/s1. The van der Waals surface area contributed by atoms with E-state index in [2.05, 4.69) is 10.0 Å². The summed E-state index contributed by atoms with van der Waals surface area (Å²) in [5.74, 6) is -1.18. The third-order valence-corrected chi connectivity index (χ3v) is 2.78. The van der Waals surface area contributed by atoms with Crippen LogP contribution in [0.25, 0.3) is 10.4 Å². The smallest absolute Gasteiger partial charge is 0.303 e. The molecular formula is C11H17N3O6. The minimum Gasteiger partial charge on any atom is -0.458 e. The van der Waals surface area contributed by atoms with Crippen LogP contribution in [0.5, 0.6) is 0 Å². The van der Waals surface area contributed by atoms with Gasteiger partial charge in [0, 0.05) is 25.9 Å². The zero-order chi connectivity index (χ0) is 15.3. The Morgan fingerprint density at radius 1 is 1.20 bits per heavy atom. The van der Waals surface area contributed by atoms with Crippen molar-refractivity contribution in [3.63, 3.8) is 0 Å². The second kappa shape index (κ2) is 7.09. The van der Waals surface area contributed by atoms with E-state index in [0.29, 0.717) is 0 Å². The quantitative estimate of drug-likeness (QED) is 0.328. The molecule has 0 aliphatic carbocycles. The Hall–Kier alpha value is -1.83. The van der Waals surface area contributed by atoms with Crippen molar-refractivity contribution in [2.75, 3.05) is 7.11 Å². The fraction of sp³-hybridized carbons (Fsp3) is 0.818. The number of azide groups is 1. The van der Waals surface area contributed by atoms with E-state index in [1.54, 1.807) is 6.92 Å². The number of carbonyl (C=O) groups excluding carboxylic acids is 2. The van der Waals surface area contributed by atoms with Crippen molar-refractivity contribution in [1.29, 1.82) is 0 Å². The minimum absolute atomic E-state index is 0.563. The first kappa shape index (κ1) is 16.2. The summed E-state index contributed by atoms with van der Waals surface area (Å²) in [5.41, 5.74) is 8.60. The fourth-order valence-electron chi connectivity index (χ4n) is 2.04. The third kappa shape index (κ3) is 3.83. The molecule has 0 aromatic rings. The zero-order valence-corrected chi connectivity index (χ0v) is 11.7. The molecule has 5 atom stereocenters. The van der Waals surface area contributed by atoms with Gasteiger partial charge in [-0.2, -0.15) is 0 Å². The molecule has 0 spiro atoms. The zero-order valence-electron chi connectivity index (χ0n) is 11.7. The van der Waals surface area contributed by atoms with Gasteiger partial charge in [-0.15, -0.1) is 0 Å². The van der Waals surface area contributed by atoms with Crippen molar-refractivity contribution in [1.82, 2.24) is 0 Å². The molecule has 0 N–H and O–H groups in total. The Labute approximate surface area is 115 Å². The molecule has 0 bridgehead atoms. The summed E-state index contributed by atoms with van der Waals surface area (Å²) in [7, 11) is 1.37. The Balaban J connectivity index is 3.10. The molecule has 0 aromatic heterocycles. The first-order valence-electron chi connectivity index (χ1n) is 5.97. The molecule has 20 heavy (non-hydrogen) atoms. The Bertz CT molecular complexity index is 422. The maximum Gasteiger partial charge on any atom is 0.303 e. The van der Waals surface area contributed by atoms with Crippen molar-refractivity contribution >= 4 is 11.9 Å². The lowest BCUT2D eigenvalue weighted by Gasteiger charge is -2.42. The van der Waals surface area contributed by atoms with E-state index in [4.69, 9.17) is 24.5 Å². The van der Waals surface area contributed by atoms with Crippen LogP contribution in [0.15, 0.2) is 5.11 Å². The van der Waals surface area contributed by atoms with Gasteiger partial charge in [0.15, 0.2) is 18.5 Å². The van der Waals surface area contributed by atoms with Gasteiger partial charge in [-0.1, -0.05) is 5.11 Å². The van der Waals surface area contributed by atoms with Crippen molar-refractivity contribution in [2.45, 2.75) is 51.4 Å². The molecule has 0 unspecified atom stereocenters. The molecule has 112 valence electrons. The molecule has 1 rings (SSSR count). The van der Waals surface area contributed by atoms with Gasteiger partial charge in [-0.05, 0) is 12.5 Å². The van der Waals surface area contributed by atoms with E-state index in [9.17, 15) is 9.59 Å². The van der Waals surface area contributed by atoms with Gasteiger partial charge < -0.3 is 18.9 Å². The number of rotatable bonds is 4. The summed E-state index contributed by atoms with van der Waals surface area (Å²) in [6, 6.07) is -0.820. The van der Waals surface area contributed by atoms with Crippen molar-refractivity contribution < 1.29 is 28.5 Å². The maximum atomic E-state index is 11.2. The van der Waals surface area contributed by atoms with Crippen LogP contribution in [-0.2, 0) is 28.5 Å². The molecule has 0 amide bonds. The highest BCUT2D eigenvalue weighted by Gasteiger charge is 2.48. The number of ether oxygens (including phenoxy) is 4. The van der Waals surface area contributed by atoms with Crippen LogP contribution >= 0.6 is 0 Å². The van der Waals surface area contributed by atoms with Crippen LogP contribution in [-0.4, -0.2) is 49.7 Å². The number of esters is 2. The van der Waals surface area contributed by atoms with E-state index in [1.165, 1.54) is 21.0 Å². The third-order valence-electron chi connectivity index (χ3n) is 2.78. The Kier molecular flexibility index (Phi) is 5.75. The van der Waals surface area contributed by atoms with Crippen LogP contribution < -0.4 is 0 Å². The number of hydrogen-bond acceptors (Lipinski definition) is 7. The van der Waals surface area contributed by atoms with E-state index >= 15 is 0 Å². The van der Waals surface area contributed by atoms with Gasteiger partial charge >= 0.3 is 11.9 Å². The first-order valence-corrected chi connectivity index (χ1v) is 5.97. The average Bonchev–Trinajstić information content (AvgIpc) is 2.35. The monoisotopic (exact) mass is 287 g/mol. The average molecular weight is 287 g/mol. The lowest BCUT2D eigenvalue weighted by atomic mass is 9.97. The Morgan fingerprint density at radius 2 is 1.75 bits per heavy atom.